The van der Waals surface area contributed by atoms with Crippen LogP contribution < -0.4 is 20.1 Å². The standard InChI is InChI=1S/C66H76N6O6/c1-9-69(10-2)61(75)21-17-13-15-19-59(73)67-57-43-53(71(49-31-23-45(5)24-32-49)50-33-25-46(6)26-34-50)39-41-55(57)63-65(77)64(66(63)78)56-42-40-54(72(51-35-27-47(7)28-36-51)52-37-29-48(8)30-38-52)44-58(56)68-60(74)20-16-14-18-22-62(76)70(11-3)12-4/h23-44H,9-22H2,1-8H3,(H2,67,68,73,74,77,78)/p+1. The van der Waals surface area contributed by atoms with Gasteiger partial charge in [-0.05, 0) is 130 Å². The fraction of sp³-hybridized carbons (Fsp3) is 0.333. The number of ketones is 1. The van der Waals surface area contributed by atoms with Crippen LogP contribution in [-0.2, 0) is 24.0 Å². The Balaban J connectivity index is 1.27. The molecule has 2 aliphatic rings. The van der Waals surface area contributed by atoms with Gasteiger partial charge in [-0.1, -0.05) is 83.6 Å². The molecule has 0 atom stereocenters. The van der Waals surface area contributed by atoms with Gasteiger partial charge in [0.25, 0.3) is 0 Å². The van der Waals surface area contributed by atoms with E-state index in [-0.39, 0.29) is 53.4 Å². The molecular formula is C66H77N6O6+. The second kappa shape index (κ2) is 27.3. The summed E-state index contributed by atoms with van der Waals surface area (Å²) in [5, 5.41) is 18.5. The molecule has 7 rings (SSSR count). The number of nitrogens with zero attached hydrogens (tertiary/aromatic N) is 4. The van der Waals surface area contributed by atoms with Crippen molar-refractivity contribution in [3.8, 4) is 0 Å². The van der Waals surface area contributed by atoms with Crippen LogP contribution in [0.3, 0.4) is 0 Å². The summed E-state index contributed by atoms with van der Waals surface area (Å²) in [4.78, 5) is 73.9. The van der Waals surface area contributed by atoms with E-state index < -0.39 is 5.78 Å². The molecule has 0 fully saturated rings. The molecule has 0 radical (unpaired) electrons. The maximum Gasteiger partial charge on any atom is 0.224 e. The van der Waals surface area contributed by atoms with Crippen LogP contribution >= 0.6 is 0 Å². The van der Waals surface area contributed by atoms with Crippen LogP contribution in [0.2, 0.25) is 0 Å². The molecule has 78 heavy (non-hydrogen) atoms. The highest BCUT2D eigenvalue weighted by molar-refractivity contribution is 6.40. The summed E-state index contributed by atoms with van der Waals surface area (Å²) in [6.07, 6.45) is 10.5. The predicted octanol–water partition coefficient (Wildman–Crippen LogP) is 13.7. The number of hydrogen-bond acceptors (Lipinski definition) is 7. The summed E-state index contributed by atoms with van der Waals surface area (Å²) in [6, 6.07) is 38.1. The summed E-state index contributed by atoms with van der Waals surface area (Å²) in [7, 11) is 0. The quantitative estimate of drug-likeness (QED) is 0.0317. The van der Waals surface area contributed by atoms with E-state index >= 15 is 0 Å². The van der Waals surface area contributed by atoms with Crippen LogP contribution in [-0.4, -0.2) is 76.2 Å². The van der Waals surface area contributed by atoms with Crippen LogP contribution in [0, 0.1) is 27.7 Å². The first-order valence-corrected chi connectivity index (χ1v) is 27.8. The van der Waals surface area contributed by atoms with Gasteiger partial charge >= 0.3 is 0 Å². The molecule has 12 heteroatoms. The average molecular weight is 1050 g/mol. The molecular weight excluding hydrogens is 973 g/mol. The van der Waals surface area contributed by atoms with E-state index in [1.807, 2.05) is 187 Å². The van der Waals surface area contributed by atoms with Crippen molar-refractivity contribution in [2.45, 2.75) is 120 Å². The number of allylic oxidation sites excluding steroid dienone is 5. The molecule has 12 nitrogen and oxygen atoms in total. The van der Waals surface area contributed by atoms with Crippen LogP contribution in [0.5, 0.6) is 0 Å². The lowest BCUT2D eigenvalue weighted by Crippen LogP contribution is -2.31. The van der Waals surface area contributed by atoms with E-state index in [1.54, 1.807) is 12.1 Å². The van der Waals surface area contributed by atoms with Gasteiger partial charge in [0.1, 0.15) is 5.76 Å². The van der Waals surface area contributed by atoms with Crippen molar-refractivity contribution in [3.63, 3.8) is 0 Å². The molecule has 0 unspecified atom stereocenters. The molecule has 0 saturated carbocycles. The molecule has 406 valence electrons. The van der Waals surface area contributed by atoms with Gasteiger partial charge in [0, 0.05) is 116 Å². The van der Waals surface area contributed by atoms with Gasteiger partial charge in [-0.3, -0.25) is 24.0 Å². The maximum absolute atomic E-state index is 14.9. The number of nitrogens with one attached hydrogen (secondary N) is 2. The van der Waals surface area contributed by atoms with Crippen molar-refractivity contribution < 1.29 is 29.1 Å². The van der Waals surface area contributed by atoms with Crippen molar-refractivity contribution in [1.82, 2.24) is 19.7 Å². The van der Waals surface area contributed by atoms with E-state index in [9.17, 15) is 29.1 Å². The minimum atomic E-state index is -0.447. The molecule has 0 aliphatic heterocycles. The Morgan fingerprint density at radius 3 is 1.37 bits per heavy atom. The predicted molar refractivity (Wildman–Crippen MR) is 317 cm³/mol. The Hall–Kier alpha value is -8.12. The number of aryl methyl sites for hydroxylation is 4. The first-order valence-electron chi connectivity index (χ1n) is 27.8. The monoisotopic (exact) mass is 1050 g/mol. The van der Waals surface area contributed by atoms with E-state index in [0.717, 1.165) is 56.4 Å². The third kappa shape index (κ3) is 14.3. The summed E-state index contributed by atoms with van der Waals surface area (Å²) < 4.78 is 2.08. The SMILES string of the molecule is CCN(CC)C(=O)CCCCCC(=O)NC1=CC(=[N+](c2ccc(C)cc2)c2ccc(C)cc2)C=CC1=C1C(=O)C(c2ccc(N(c3ccc(C)cc3)c3ccc(C)cc3)cc2NC(=O)CCCCCC(=O)N(CC)CC)=C1O. The van der Waals surface area contributed by atoms with E-state index in [2.05, 4.69) is 20.1 Å². The van der Waals surface area contributed by atoms with Crippen LogP contribution in [0.25, 0.3) is 5.57 Å². The number of rotatable bonds is 24. The number of carbonyl (C=O) groups excluding carboxylic acids is 5. The number of carbonyl (C=O) groups is 5. The van der Waals surface area contributed by atoms with Gasteiger partial charge in [0.15, 0.2) is 0 Å². The zero-order valence-corrected chi connectivity index (χ0v) is 46.9. The fourth-order valence-electron chi connectivity index (χ4n) is 9.93. The van der Waals surface area contributed by atoms with E-state index in [4.69, 9.17) is 0 Å². The van der Waals surface area contributed by atoms with Crippen LogP contribution in [0.15, 0.2) is 156 Å². The number of Topliss-reactive ketones (excluding diaryl/α,β-unsaturated/α-hetero) is 1. The molecule has 0 spiro atoms. The minimum Gasteiger partial charge on any atom is -0.506 e. The number of unbranched alkanes of at least 4 members (excludes halogenated alkanes) is 4. The summed E-state index contributed by atoms with van der Waals surface area (Å²) in [6.45, 7) is 18.6. The highest BCUT2D eigenvalue weighted by Gasteiger charge is 2.40. The number of aliphatic hydroxyl groups excluding tert-OH is 1. The molecule has 0 bridgehead atoms. The lowest BCUT2D eigenvalue weighted by atomic mass is 9.78. The van der Waals surface area contributed by atoms with Gasteiger partial charge in [-0.15, -0.1) is 0 Å². The summed E-state index contributed by atoms with van der Waals surface area (Å²) >= 11 is 0. The lowest BCUT2D eigenvalue weighted by molar-refractivity contribution is -0.131. The third-order valence-corrected chi connectivity index (χ3v) is 14.5. The molecule has 5 aromatic carbocycles. The largest absolute Gasteiger partial charge is 0.506 e. The molecule has 0 aromatic heterocycles. The van der Waals surface area contributed by atoms with Crippen molar-refractivity contribution in [1.29, 1.82) is 0 Å². The van der Waals surface area contributed by atoms with Gasteiger partial charge < -0.3 is 30.4 Å². The molecule has 0 saturated heterocycles. The van der Waals surface area contributed by atoms with Crippen molar-refractivity contribution in [2.75, 3.05) is 36.4 Å². The van der Waals surface area contributed by atoms with Crippen LogP contribution in [0.1, 0.15) is 120 Å². The summed E-state index contributed by atoms with van der Waals surface area (Å²) in [5.74, 6) is -1.02. The first-order chi connectivity index (χ1) is 37.6. The number of anilines is 4. The molecule has 5 aromatic rings. The highest BCUT2D eigenvalue weighted by atomic mass is 16.3. The Kier molecular flexibility index (Phi) is 20.1. The molecule has 3 N–H and O–H groups in total. The maximum atomic E-state index is 14.9. The zero-order valence-electron chi connectivity index (χ0n) is 46.9. The lowest BCUT2D eigenvalue weighted by Gasteiger charge is -2.29. The smallest absolute Gasteiger partial charge is 0.224 e. The zero-order chi connectivity index (χ0) is 55.9. The molecule has 0 heterocycles. The van der Waals surface area contributed by atoms with Gasteiger partial charge in [-0.25, -0.2) is 0 Å². The van der Waals surface area contributed by atoms with E-state index in [0.29, 0.717) is 100 Å². The Morgan fingerprint density at radius 2 is 0.923 bits per heavy atom. The fourth-order valence-corrected chi connectivity index (χ4v) is 9.93. The Labute approximate surface area is 461 Å². The van der Waals surface area contributed by atoms with E-state index in [1.165, 1.54) is 0 Å². The number of hydrogen-bond donors (Lipinski definition) is 3. The second-order valence-corrected chi connectivity index (χ2v) is 20.3. The van der Waals surface area contributed by atoms with Crippen molar-refractivity contribution in [2.24, 2.45) is 0 Å². The van der Waals surface area contributed by atoms with Crippen LogP contribution in [0.4, 0.5) is 34.1 Å². The summed E-state index contributed by atoms with van der Waals surface area (Å²) in [5.41, 5.74) is 10.9. The second-order valence-electron chi connectivity index (χ2n) is 20.3. The Morgan fingerprint density at radius 1 is 0.500 bits per heavy atom. The average Bonchev–Trinajstić information content (AvgIpc) is 3.47. The molecule has 4 amide bonds. The van der Waals surface area contributed by atoms with Gasteiger partial charge in [-0.2, -0.15) is 4.58 Å². The normalized spacial score (nSPS) is 13.9. The topological polar surface area (TPSA) is 142 Å². The molecule has 2 aliphatic carbocycles. The minimum absolute atomic E-state index is 0.0422. The van der Waals surface area contributed by atoms with Crippen molar-refractivity contribution >= 4 is 74.8 Å². The Bertz CT molecular complexity index is 3040. The van der Waals surface area contributed by atoms with Gasteiger partial charge in [0.2, 0.25) is 46.5 Å². The number of aliphatic hydroxyl groups is 1. The highest BCUT2D eigenvalue weighted by Crippen LogP contribution is 2.45. The van der Waals surface area contributed by atoms with Crippen molar-refractivity contribution in [3.05, 3.63) is 184 Å². The number of benzene rings is 5. The number of amides is 4. The first kappa shape index (κ1) is 57.6. The third-order valence-electron chi connectivity index (χ3n) is 14.5. The van der Waals surface area contributed by atoms with Gasteiger partial charge in [0.05, 0.1) is 22.5 Å².